The van der Waals surface area contributed by atoms with Gasteiger partial charge in [0.05, 0.1) is 0 Å². The van der Waals surface area contributed by atoms with E-state index in [9.17, 15) is 4.79 Å². The van der Waals surface area contributed by atoms with Gasteiger partial charge in [-0.05, 0) is 96.7 Å². The molecule has 2 aromatic rings. The minimum absolute atomic E-state index is 0.797. The first-order valence-electron chi connectivity index (χ1n) is 4.16. The van der Waals surface area contributed by atoms with Crippen LogP contribution in [0.3, 0.4) is 0 Å². The second-order valence-electron chi connectivity index (χ2n) is 3.07. The topological polar surface area (TPSA) is 17.1 Å². The van der Waals surface area contributed by atoms with Gasteiger partial charge in [0, 0.05) is 16.3 Å². The summed E-state index contributed by atoms with van der Waals surface area (Å²) < 4.78 is 3.25. The van der Waals surface area contributed by atoms with Crippen LogP contribution in [0.2, 0.25) is 0 Å². The summed E-state index contributed by atoms with van der Waals surface area (Å²) in [7, 11) is 0. The van der Waals surface area contributed by atoms with E-state index in [0.717, 1.165) is 24.4 Å². The molecular weight excluding hydrogens is 529 g/mol. The van der Waals surface area contributed by atoms with Crippen molar-refractivity contribution in [3.8, 4) is 0 Å². The Kier molecular flexibility index (Phi) is 3.87. The molecule has 0 saturated heterocycles. The highest BCUT2D eigenvalue weighted by molar-refractivity contribution is 14.1. The Morgan fingerprint density at radius 3 is 2.47 bits per heavy atom. The van der Waals surface area contributed by atoms with E-state index in [-0.39, 0.29) is 0 Å². The molecule has 0 atom stereocenters. The van der Waals surface area contributed by atoms with Crippen molar-refractivity contribution in [2.75, 3.05) is 0 Å². The first-order valence-corrected chi connectivity index (χ1v) is 7.39. The predicted octanol–water partition coefficient (Wildman–Crippen LogP) is 4.47. The number of carbonyl (C=O) groups excluding carboxylic acids is 1. The van der Waals surface area contributed by atoms with Crippen LogP contribution in [0.5, 0.6) is 0 Å². The Hall–Kier alpha value is 0.560. The summed E-state index contributed by atoms with van der Waals surface area (Å²) in [4.78, 5) is 11.0. The highest BCUT2D eigenvalue weighted by atomic mass is 127. The zero-order valence-electron chi connectivity index (χ0n) is 7.43. The van der Waals surface area contributed by atoms with Crippen LogP contribution in [-0.2, 0) is 0 Å². The summed E-state index contributed by atoms with van der Waals surface area (Å²) >= 11 is 6.73. The lowest BCUT2D eigenvalue weighted by Gasteiger charge is -2.06. The molecule has 0 N–H and O–H groups in total. The van der Waals surface area contributed by atoms with Crippen molar-refractivity contribution in [3.05, 3.63) is 40.5 Å². The Bertz CT molecular complexity index is 549. The van der Waals surface area contributed by atoms with Crippen LogP contribution in [0, 0.1) is 10.7 Å². The van der Waals surface area contributed by atoms with E-state index < -0.39 is 0 Å². The highest BCUT2D eigenvalue weighted by Crippen LogP contribution is 2.28. The minimum atomic E-state index is 0.797. The van der Waals surface area contributed by atoms with E-state index in [2.05, 4.69) is 92.0 Å². The number of hydrogen-bond donors (Lipinski definition) is 0. The Morgan fingerprint density at radius 2 is 1.80 bits per heavy atom. The fraction of sp³-hybridized carbons (Fsp3) is 0. The average molecular weight is 534 g/mol. The maximum Gasteiger partial charge on any atom is 0.152 e. The van der Waals surface area contributed by atoms with Gasteiger partial charge in [-0.25, -0.2) is 0 Å². The standard InChI is InChI=1S/C11H5I3O/c12-7-2-1-6-3-10(13)9(5-15)11(14)8(6)4-7/h1-5H. The summed E-state index contributed by atoms with van der Waals surface area (Å²) in [6.07, 6.45) is 0.933. The zero-order valence-corrected chi connectivity index (χ0v) is 13.9. The molecule has 0 heterocycles. The van der Waals surface area contributed by atoms with Crippen molar-refractivity contribution in [2.24, 2.45) is 0 Å². The molecule has 0 aromatic heterocycles. The van der Waals surface area contributed by atoms with Gasteiger partial charge in [0.1, 0.15) is 0 Å². The summed E-state index contributed by atoms with van der Waals surface area (Å²) in [5, 5.41) is 2.35. The third-order valence-electron chi connectivity index (χ3n) is 2.15. The lowest BCUT2D eigenvalue weighted by atomic mass is 10.1. The summed E-state index contributed by atoms with van der Waals surface area (Å²) in [5.74, 6) is 0. The maximum absolute atomic E-state index is 11.0. The quantitative estimate of drug-likeness (QED) is 0.391. The molecule has 2 aromatic carbocycles. The Balaban J connectivity index is 2.92. The first kappa shape index (κ1) is 12.0. The van der Waals surface area contributed by atoms with Gasteiger partial charge in [-0.2, -0.15) is 0 Å². The molecule has 0 bridgehead atoms. The summed E-state index contributed by atoms with van der Waals surface area (Å²) in [6.45, 7) is 0. The average Bonchev–Trinajstić information content (AvgIpc) is 2.20. The van der Waals surface area contributed by atoms with Crippen molar-refractivity contribution in [2.45, 2.75) is 0 Å². The van der Waals surface area contributed by atoms with Crippen LogP contribution in [0.25, 0.3) is 10.8 Å². The normalized spacial score (nSPS) is 10.6. The van der Waals surface area contributed by atoms with Gasteiger partial charge in [-0.1, -0.05) is 6.07 Å². The van der Waals surface area contributed by atoms with Crippen molar-refractivity contribution in [3.63, 3.8) is 0 Å². The lowest BCUT2D eigenvalue weighted by Crippen LogP contribution is -1.93. The SMILES string of the molecule is O=Cc1c(I)cc2ccc(I)cc2c1I. The fourth-order valence-electron chi connectivity index (χ4n) is 1.42. The molecule has 1 nitrogen and oxygen atoms in total. The lowest BCUT2D eigenvalue weighted by molar-refractivity contribution is 0.112. The van der Waals surface area contributed by atoms with Crippen molar-refractivity contribution in [1.82, 2.24) is 0 Å². The van der Waals surface area contributed by atoms with E-state index in [1.165, 1.54) is 8.96 Å². The Morgan fingerprint density at radius 1 is 1.07 bits per heavy atom. The number of aldehydes is 1. The predicted molar refractivity (Wildman–Crippen MR) is 87.5 cm³/mol. The van der Waals surface area contributed by atoms with E-state index in [0.29, 0.717) is 0 Å². The van der Waals surface area contributed by atoms with E-state index >= 15 is 0 Å². The van der Waals surface area contributed by atoms with Crippen molar-refractivity contribution in [1.29, 1.82) is 0 Å². The van der Waals surface area contributed by atoms with Gasteiger partial charge in [0.15, 0.2) is 6.29 Å². The molecule has 2 rings (SSSR count). The number of halogens is 3. The number of benzene rings is 2. The molecule has 0 aliphatic carbocycles. The van der Waals surface area contributed by atoms with E-state index in [1.807, 2.05) is 0 Å². The van der Waals surface area contributed by atoms with Gasteiger partial charge < -0.3 is 0 Å². The molecule has 0 amide bonds. The van der Waals surface area contributed by atoms with Gasteiger partial charge in [0.2, 0.25) is 0 Å². The molecule has 0 saturated carbocycles. The second-order valence-corrected chi connectivity index (χ2v) is 6.56. The van der Waals surface area contributed by atoms with Crippen molar-refractivity contribution < 1.29 is 4.79 Å². The van der Waals surface area contributed by atoms with E-state index in [4.69, 9.17) is 0 Å². The smallest absolute Gasteiger partial charge is 0.152 e. The molecule has 0 unspecified atom stereocenters. The fourth-order valence-corrected chi connectivity index (χ4v) is 4.04. The molecular formula is C11H5I3O. The van der Waals surface area contributed by atoms with Crippen LogP contribution in [0.15, 0.2) is 24.3 Å². The van der Waals surface area contributed by atoms with Crippen LogP contribution < -0.4 is 0 Å². The van der Waals surface area contributed by atoms with E-state index in [1.54, 1.807) is 0 Å². The molecule has 15 heavy (non-hydrogen) atoms. The molecule has 0 aliphatic rings. The van der Waals surface area contributed by atoms with Crippen LogP contribution in [0.4, 0.5) is 0 Å². The Labute approximate surface area is 128 Å². The molecule has 76 valence electrons. The third-order valence-corrected chi connectivity index (χ3v) is 4.87. The van der Waals surface area contributed by atoms with Crippen LogP contribution >= 0.6 is 67.8 Å². The second kappa shape index (κ2) is 4.82. The molecule has 0 fully saturated rings. The van der Waals surface area contributed by atoms with Gasteiger partial charge in [-0.3, -0.25) is 4.79 Å². The molecule has 0 radical (unpaired) electrons. The van der Waals surface area contributed by atoms with Crippen LogP contribution in [0.1, 0.15) is 10.4 Å². The number of hydrogen-bond acceptors (Lipinski definition) is 1. The first-order chi connectivity index (χ1) is 7.13. The maximum atomic E-state index is 11.0. The summed E-state index contributed by atoms with van der Waals surface area (Å²) in [6, 6.07) is 8.34. The van der Waals surface area contributed by atoms with Crippen LogP contribution in [-0.4, -0.2) is 6.29 Å². The third kappa shape index (κ3) is 2.31. The zero-order chi connectivity index (χ0) is 11.0. The number of fused-ring (bicyclic) bond motifs is 1. The number of carbonyl (C=O) groups is 1. The molecule has 0 aliphatic heterocycles. The van der Waals surface area contributed by atoms with Gasteiger partial charge in [0.25, 0.3) is 0 Å². The van der Waals surface area contributed by atoms with Gasteiger partial charge >= 0.3 is 0 Å². The monoisotopic (exact) mass is 534 g/mol. The largest absolute Gasteiger partial charge is 0.298 e. The van der Waals surface area contributed by atoms with Crippen molar-refractivity contribution >= 4 is 84.8 Å². The highest BCUT2D eigenvalue weighted by Gasteiger charge is 2.09. The molecule has 0 spiro atoms. The van der Waals surface area contributed by atoms with Gasteiger partial charge in [-0.15, -0.1) is 0 Å². The summed E-state index contributed by atoms with van der Waals surface area (Å²) in [5.41, 5.74) is 0.797. The number of rotatable bonds is 1. The minimum Gasteiger partial charge on any atom is -0.298 e. The molecule has 4 heteroatoms.